The van der Waals surface area contributed by atoms with E-state index >= 15 is 0 Å². The summed E-state index contributed by atoms with van der Waals surface area (Å²) in [6, 6.07) is 6.72. The number of carboxylic acid groups (broad SMARTS) is 1. The van der Waals surface area contributed by atoms with Crippen molar-refractivity contribution >= 4 is 22.6 Å². The number of rotatable bonds is 5. The summed E-state index contributed by atoms with van der Waals surface area (Å²) in [6.07, 6.45) is 0. The number of hydrogen-bond donors (Lipinski definition) is 3. The van der Waals surface area contributed by atoms with Gasteiger partial charge in [0.15, 0.2) is 5.69 Å². The lowest BCUT2D eigenvalue weighted by Crippen LogP contribution is -2.26. The van der Waals surface area contributed by atoms with Crippen LogP contribution in [0.3, 0.4) is 0 Å². The molecule has 134 valence electrons. The van der Waals surface area contributed by atoms with Gasteiger partial charge >= 0.3 is 5.97 Å². The highest BCUT2D eigenvalue weighted by Crippen LogP contribution is 2.15. The molecule has 0 unspecified atom stereocenters. The van der Waals surface area contributed by atoms with Crippen LogP contribution >= 0.6 is 0 Å². The lowest BCUT2D eigenvalue weighted by Gasteiger charge is -2.07. The summed E-state index contributed by atoms with van der Waals surface area (Å²) < 4.78 is 1.38. The first-order valence-electron chi connectivity index (χ1n) is 7.88. The van der Waals surface area contributed by atoms with Crippen molar-refractivity contribution in [3.8, 4) is 0 Å². The molecule has 1 amide bonds. The smallest absolute Gasteiger partial charge is 0.325 e. The van der Waals surface area contributed by atoms with Crippen molar-refractivity contribution in [3.63, 3.8) is 0 Å². The third kappa shape index (κ3) is 3.18. The van der Waals surface area contributed by atoms with E-state index in [2.05, 4.69) is 20.6 Å². The average Bonchev–Trinajstić information content (AvgIpc) is 2.86. The third-order valence-electron chi connectivity index (χ3n) is 4.15. The van der Waals surface area contributed by atoms with Gasteiger partial charge in [-0.3, -0.25) is 19.1 Å². The van der Waals surface area contributed by atoms with E-state index in [1.165, 1.54) is 4.68 Å². The molecule has 1 aromatic carbocycles. The predicted molar refractivity (Wildman–Crippen MR) is 92.9 cm³/mol. The Kier molecular flexibility index (Phi) is 4.53. The second-order valence-corrected chi connectivity index (χ2v) is 5.83. The number of aromatic nitrogens is 4. The highest BCUT2D eigenvalue weighted by Gasteiger charge is 2.17. The molecule has 0 saturated heterocycles. The Morgan fingerprint density at radius 3 is 2.62 bits per heavy atom. The maximum atomic E-state index is 12.5. The molecule has 0 fully saturated rings. The number of carbonyl (C=O) groups is 2. The second kappa shape index (κ2) is 6.79. The molecule has 0 spiro atoms. The third-order valence-corrected chi connectivity index (χ3v) is 4.15. The number of carbonyl (C=O) groups excluding carboxylic acids is 1. The molecule has 2 aromatic heterocycles. The van der Waals surface area contributed by atoms with Crippen molar-refractivity contribution in [2.75, 3.05) is 0 Å². The van der Waals surface area contributed by atoms with E-state index in [1.807, 2.05) is 0 Å². The van der Waals surface area contributed by atoms with Crippen LogP contribution in [0.15, 0.2) is 29.1 Å². The maximum absolute atomic E-state index is 12.5. The Morgan fingerprint density at radius 2 is 1.92 bits per heavy atom. The van der Waals surface area contributed by atoms with E-state index in [9.17, 15) is 14.4 Å². The molecule has 0 atom stereocenters. The van der Waals surface area contributed by atoms with Crippen molar-refractivity contribution < 1.29 is 14.7 Å². The van der Waals surface area contributed by atoms with Gasteiger partial charge in [0.25, 0.3) is 11.5 Å². The van der Waals surface area contributed by atoms with Crippen molar-refractivity contribution in [1.82, 2.24) is 25.3 Å². The zero-order chi connectivity index (χ0) is 18.8. The van der Waals surface area contributed by atoms with Crippen molar-refractivity contribution in [3.05, 3.63) is 57.3 Å². The molecule has 0 aliphatic heterocycles. The fraction of sp³-hybridized carbons (Fsp3) is 0.235. The lowest BCUT2D eigenvalue weighted by atomic mass is 10.1. The Bertz CT molecular complexity index is 1070. The largest absolute Gasteiger partial charge is 0.480 e. The first-order valence-corrected chi connectivity index (χ1v) is 7.88. The number of H-pyrrole nitrogens is 1. The fourth-order valence-electron chi connectivity index (χ4n) is 2.81. The van der Waals surface area contributed by atoms with Crippen LogP contribution < -0.4 is 10.9 Å². The normalized spacial score (nSPS) is 10.8. The highest BCUT2D eigenvalue weighted by molar-refractivity contribution is 6.04. The van der Waals surface area contributed by atoms with Crippen LogP contribution in [0.25, 0.3) is 10.8 Å². The average molecular weight is 355 g/mol. The summed E-state index contributed by atoms with van der Waals surface area (Å²) in [6.45, 7) is 3.43. The molecule has 0 saturated carbocycles. The molecular weight excluding hydrogens is 338 g/mol. The first kappa shape index (κ1) is 17.3. The monoisotopic (exact) mass is 355 g/mol. The van der Waals surface area contributed by atoms with Crippen LogP contribution in [0.1, 0.15) is 27.4 Å². The topological polar surface area (TPSA) is 130 Å². The molecule has 2 heterocycles. The second-order valence-electron chi connectivity index (χ2n) is 5.83. The van der Waals surface area contributed by atoms with Gasteiger partial charge < -0.3 is 10.4 Å². The van der Waals surface area contributed by atoms with Crippen LogP contribution in [0.4, 0.5) is 0 Å². The van der Waals surface area contributed by atoms with Crippen molar-refractivity contribution in [2.45, 2.75) is 26.9 Å². The number of amides is 1. The SMILES string of the molecule is Cc1nn(CC(=O)O)c(C)c1CNC(=O)c1n[nH]c(=O)c2ccccc12. The standard InChI is InChI=1S/C17H17N5O4/c1-9-13(10(2)22(21-9)8-14(23)24)7-18-17(26)15-11-5-3-4-6-12(11)16(25)20-19-15/h3-6H,7-8H2,1-2H3,(H,18,26)(H,20,25)(H,23,24). The summed E-state index contributed by atoms with van der Waals surface area (Å²) in [5, 5.41) is 22.9. The van der Waals surface area contributed by atoms with Crippen LogP contribution in [0, 0.1) is 13.8 Å². The minimum absolute atomic E-state index is 0.119. The fourth-order valence-corrected chi connectivity index (χ4v) is 2.81. The van der Waals surface area contributed by atoms with E-state index in [1.54, 1.807) is 38.1 Å². The number of benzene rings is 1. The van der Waals surface area contributed by atoms with Gasteiger partial charge in [-0.1, -0.05) is 18.2 Å². The predicted octanol–water partition coefficient (Wildman–Crippen LogP) is 0.751. The number of aryl methyl sites for hydroxylation is 1. The number of nitrogens with zero attached hydrogens (tertiary/aromatic N) is 3. The molecule has 0 aliphatic carbocycles. The van der Waals surface area contributed by atoms with Gasteiger partial charge in [-0.2, -0.15) is 10.2 Å². The van der Waals surface area contributed by atoms with Crippen molar-refractivity contribution in [2.24, 2.45) is 0 Å². The number of nitrogens with one attached hydrogen (secondary N) is 2. The van der Waals surface area contributed by atoms with Gasteiger partial charge in [0.2, 0.25) is 0 Å². The molecule has 3 N–H and O–H groups in total. The van der Waals surface area contributed by atoms with E-state index < -0.39 is 11.9 Å². The van der Waals surface area contributed by atoms with Crippen LogP contribution in [-0.4, -0.2) is 37.0 Å². The van der Waals surface area contributed by atoms with E-state index in [0.717, 1.165) is 5.56 Å². The van der Waals surface area contributed by atoms with Gasteiger partial charge in [-0.25, -0.2) is 5.10 Å². The number of aliphatic carboxylic acids is 1. The molecule has 3 rings (SSSR count). The van der Waals surface area contributed by atoms with Crippen LogP contribution in [0.5, 0.6) is 0 Å². The highest BCUT2D eigenvalue weighted by atomic mass is 16.4. The molecule has 3 aromatic rings. The number of carboxylic acids is 1. The Balaban J connectivity index is 1.85. The number of aromatic amines is 1. The molecule has 0 radical (unpaired) electrons. The minimum atomic E-state index is -0.991. The minimum Gasteiger partial charge on any atom is -0.480 e. The number of fused-ring (bicyclic) bond motifs is 1. The molecule has 0 bridgehead atoms. The summed E-state index contributed by atoms with van der Waals surface area (Å²) >= 11 is 0. The van der Waals surface area contributed by atoms with Gasteiger partial charge in [0.05, 0.1) is 11.1 Å². The maximum Gasteiger partial charge on any atom is 0.325 e. The van der Waals surface area contributed by atoms with Gasteiger partial charge in [-0.15, -0.1) is 0 Å². The summed E-state index contributed by atoms with van der Waals surface area (Å²) in [5.74, 6) is -1.43. The zero-order valence-electron chi connectivity index (χ0n) is 14.2. The lowest BCUT2D eigenvalue weighted by molar-refractivity contribution is -0.137. The van der Waals surface area contributed by atoms with E-state index in [-0.39, 0.29) is 24.3 Å². The van der Waals surface area contributed by atoms with Gasteiger partial charge in [0.1, 0.15) is 6.54 Å². The zero-order valence-corrected chi connectivity index (χ0v) is 14.2. The molecular formula is C17H17N5O4. The van der Waals surface area contributed by atoms with Crippen molar-refractivity contribution in [1.29, 1.82) is 0 Å². The molecule has 26 heavy (non-hydrogen) atoms. The Morgan fingerprint density at radius 1 is 1.23 bits per heavy atom. The van der Waals surface area contributed by atoms with Gasteiger partial charge in [0, 0.05) is 23.2 Å². The quantitative estimate of drug-likeness (QED) is 0.619. The van der Waals surface area contributed by atoms with Crippen LogP contribution in [0.2, 0.25) is 0 Å². The summed E-state index contributed by atoms with van der Waals surface area (Å²) in [5.41, 5.74) is 1.81. The summed E-state index contributed by atoms with van der Waals surface area (Å²) in [7, 11) is 0. The Hall–Kier alpha value is -3.49. The molecule has 0 aliphatic rings. The van der Waals surface area contributed by atoms with E-state index in [4.69, 9.17) is 5.11 Å². The Labute approximate surface area is 147 Å². The summed E-state index contributed by atoms with van der Waals surface area (Å²) in [4.78, 5) is 35.2. The molecule has 9 nitrogen and oxygen atoms in total. The first-order chi connectivity index (χ1) is 12.4. The van der Waals surface area contributed by atoms with Crippen LogP contribution in [-0.2, 0) is 17.9 Å². The van der Waals surface area contributed by atoms with E-state index in [0.29, 0.717) is 22.2 Å². The molecule has 9 heteroatoms. The van der Waals surface area contributed by atoms with Gasteiger partial charge in [-0.05, 0) is 19.9 Å². The number of hydrogen-bond acceptors (Lipinski definition) is 5.